The first-order valence-corrected chi connectivity index (χ1v) is 9.70. The van der Waals surface area contributed by atoms with Crippen molar-refractivity contribution >= 4 is 34.1 Å². The minimum Gasteiger partial charge on any atom is -0.339 e. The lowest BCUT2D eigenvalue weighted by Gasteiger charge is -2.35. The van der Waals surface area contributed by atoms with E-state index in [1.807, 2.05) is 0 Å². The number of nitrogens with two attached hydrogens (primary N) is 1. The van der Waals surface area contributed by atoms with E-state index in [9.17, 15) is 18.0 Å². The fourth-order valence-electron chi connectivity index (χ4n) is 2.61. The molecule has 2 N–H and O–H groups in total. The van der Waals surface area contributed by atoms with Crippen LogP contribution in [-0.4, -0.2) is 68.5 Å². The quantitative estimate of drug-likeness (QED) is 0.809. The summed E-state index contributed by atoms with van der Waals surface area (Å²) in [4.78, 5) is 28.0. The molecule has 1 fully saturated rings. The standard InChI is InChI=1S/C16H23N3O4S.ClH/c1-12(17)10-15(20)18-6-8-19(9-7-18)16(21)13-4-3-5-14(11-13)24(2,22)23;/h3-5,11-12H,6-10,17H2,1-2H3;1H. The van der Waals surface area contributed by atoms with Crippen LogP contribution in [0.25, 0.3) is 0 Å². The van der Waals surface area contributed by atoms with E-state index >= 15 is 0 Å². The van der Waals surface area contributed by atoms with Crippen molar-refractivity contribution in [2.45, 2.75) is 24.3 Å². The van der Waals surface area contributed by atoms with E-state index in [4.69, 9.17) is 5.73 Å². The van der Waals surface area contributed by atoms with E-state index in [1.165, 1.54) is 12.1 Å². The van der Waals surface area contributed by atoms with Gasteiger partial charge in [0, 0.05) is 50.5 Å². The van der Waals surface area contributed by atoms with Gasteiger partial charge in [0.2, 0.25) is 5.91 Å². The number of nitrogens with zero attached hydrogens (tertiary/aromatic N) is 2. The van der Waals surface area contributed by atoms with Crippen molar-refractivity contribution in [2.24, 2.45) is 5.73 Å². The zero-order valence-electron chi connectivity index (χ0n) is 14.3. The Balaban J connectivity index is 0.00000312. The lowest BCUT2D eigenvalue weighted by atomic mass is 10.1. The first-order chi connectivity index (χ1) is 11.2. The molecular weight excluding hydrogens is 366 g/mol. The van der Waals surface area contributed by atoms with Crippen LogP contribution in [0.15, 0.2) is 29.2 Å². The molecule has 0 spiro atoms. The third-order valence-corrected chi connectivity index (χ3v) is 5.04. The number of rotatable bonds is 4. The van der Waals surface area contributed by atoms with Gasteiger partial charge in [-0.1, -0.05) is 6.07 Å². The Labute approximate surface area is 154 Å². The fraction of sp³-hybridized carbons (Fsp3) is 0.500. The lowest BCUT2D eigenvalue weighted by molar-refractivity contribution is -0.132. The average Bonchev–Trinajstić information content (AvgIpc) is 2.53. The second-order valence-corrected chi connectivity index (χ2v) is 8.17. The Bertz CT molecular complexity index is 729. The molecule has 25 heavy (non-hydrogen) atoms. The number of hydrogen-bond donors (Lipinski definition) is 1. The van der Waals surface area contributed by atoms with Crippen LogP contribution in [-0.2, 0) is 14.6 Å². The molecule has 140 valence electrons. The van der Waals surface area contributed by atoms with Crippen molar-refractivity contribution in [3.8, 4) is 0 Å². The summed E-state index contributed by atoms with van der Waals surface area (Å²) in [7, 11) is -3.36. The Morgan fingerprint density at radius 2 is 1.72 bits per heavy atom. The van der Waals surface area contributed by atoms with Gasteiger partial charge in [-0.3, -0.25) is 9.59 Å². The number of amides is 2. The number of halogens is 1. The van der Waals surface area contributed by atoms with Gasteiger partial charge < -0.3 is 15.5 Å². The maximum absolute atomic E-state index is 12.5. The normalized spacial score (nSPS) is 16.1. The predicted octanol–water partition coefficient (Wildman–Crippen LogP) is 0.534. The molecular formula is C16H24ClN3O4S. The van der Waals surface area contributed by atoms with Gasteiger partial charge in [0.15, 0.2) is 9.84 Å². The van der Waals surface area contributed by atoms with Crippen LogP contribution in [0.1, 0.15) is 23.7 Å². The van der Waals surface area contributed by atoms with Crippen LogP contribution in [0.5, 0.6) is 0 Å². The monoisotopic (exact) mass is 389 g/mol. The fourth-order valence-corrected chi connectivity index (χ4v) is 3.27. The summed E-state index contributed by atoms with van der Waals surface area (Å²) in [5.74, 6) is -0.226. The summed E-state index contributed by atoms with van der Waals surface area (Å²) in [6.45, 7) is 3.55. The van der Waals surface area contributed by atoms with Gasteiger partial charge in [0.05, 0.1) is 4.90 Å². The summed E-state index contributed by atoms with van der Waals surface area (Å²) in [5, 5.41) is 0. The van der Waals surface area contributed by atoms with Crippen molar-refractivity contribution in [1.82, 2.24) is 9.80 Å². The molecule has 0 aliphatic carbocycles. The van der Waals surface area contributed by atoms with Gasteiger partial charge in [-0.25, -0.2) is 8.42 Å². The summed E-state index contributed by atoms with van der Waals surface area (Å²) < 4.78 is 23.2. The summed E-state index contributed by atoms with van der Waals surface area (Å²) in [6, 6.07) is 5.84. The van der Waals surface area contributed by atoms with Crippen molar-refractivity contribution in [1.29, 1.82) is 0 Å². The Morgan fingerprint density at radius 3 is 2.24 bits per heavy atom. The smallest absolute Gasteiger partial charge is 0.254 e. The highest BCUT2D eigenvalue weighted by Gasteiger charge is 2.25. The Morgan fingerprint density at radius 1 is 1.16 bits per heavy atom. The molecule has 1 aromatic carbocycles. The van der Waals surface area contributed by atoms with E-state index in [1.54, 1.807) is 28.9 Å². The summed E-state index contributed by atoms with van der Waals surface area (Å²) in [5.41, 5.74) is 5.98. The minimum absolute atomic E-state index is 0. The van der Waals surface area contributed by atoms with Gasteiger partial charge in [-0.05, 0) is 25.1 Å². The Hall–Kier alpha value is -1.64. The zero-order valence-corrected chi connectivity index (χ0v) is 16.0. The zero-order chi connectivity index (χ0) is 17.9. The third kappa shape index (κ3) is 5.69. The number of benzene rings is 1. The van der Waals surface area contributed by atoms with Crippen LogP contribution >= 0.6 is 12.4 Å². The highest BCUT2D eigenvalue weighted by Crippen LogP contribution is 2.15. The highest BCUT2D eigenvalue weighted by molar-refractivity contribution is 7.90. The number of hydrogen-bond acceptors (Lipinski definition) is 5. The van der Waals surface area contributed by atoms with E-state index in [2.05, 4.69) is 0 Å². The second-order valence-electron chi connectivity index (χ2n) is 6.15. The lowest BCUT2D eigenvalue weighted by Crippen LogP contribution is -2.51. The molecule has 0 saturated carbocycles. The first-order valence-electron chi connectivity index (χ1n) is 7.81. The molecule has 1 aromatic rings. The molecule has 9 heteroatoms. The van der Waals surface area contributed by atoms with E-state index in [0.29, 0.717) is 38.2 Å². The second kappa shape index (κ2) is 8.64. The van der Waals surface area contributed by atoms with Crippen LogP contribution in [0.4, 0.5) is 0 Å². The number of carbonyl (C=O) groups excluding carboxylic acids is 2. The molecule has 0 aromatic heterocycles. The van der Waals surface area contributed by atoms with Crippen molar-refractivity contribution in [3.63, 3.8) is 0 Å². The number of piperazine rings is 1. The van der Waals surface area contributed by atoms with E-state index in [0.717, 1.165) is 6.26 Å². The highest BCUT2D eigenvalue weighted by atomic mass is 35.5. The molecule has 1 aliphatic heterocycles. The molecule has 2 rings (SSSR count). The maximum Gasteiger partial charge on any atom is 0.254 e. The topological polar surface area (TPSA) is 101 Å². The van der Waals surface area contributed by atoms with Crippen LogP contribution < -0.4 is 5.73 Å². The van der Waals surface area contributed by atoms with Crippen molar-refractivity contribution in [3.05, 3.63) is 29.8 Å². The van der Waals surface area contributed by atoms with Gasteiger partial charge in [0.25, 0.3) is 5.91 Å². The van der Waals surface area contributed by atoms with Gasteiger partial charge in [0.1, 0.15) is 0 Å². The minimum atomic E-state index is -3.36. The average molecular weight is 390 g/mol. The number of carbonyl (C=O) groups is 2. The molecule has 1 unspecified atom stereocenters. The first kappa shape index (κ1) is 21.4. The molecule has 1 aliphatic rings. The molecule has 1 heterocycles. The third-order valence-electron chi connectivity index (χ3n) is 3.93. The number of sulfone groups is 1. The van der Waals surface area contributed by atoms with Gasteiger partial charge >= 0.3 is 0 Å². The molecule has 7 nitrogen and oxygen atoms in total. The largest absolute Gasteiger partial charge is 0.339 e. The van der Waals surface area contributed by atoms with Crippen molar-refractivity contribution in [2.75, 3.05) is 32.4 Å². The van der Waals surface area contributed by atoms with Gasteiger partial charge in [-0.15, -0.1) is 12.4 Å². The molecule has 1 saturated heterocycles. The predicted molar refractivity (Wildman–Crippen MR) is 97.5 cm³/mol. The van der Waals surface area contributed by atoms with E-state index in [-0.39, 0.29) is 35.2 Å². The summed E-state index contributed by atoms with van der Waals surface area (Å²) in [6.07, 6.45) is 1.41. The van der Waals surface area contributed by atoms with Crippen LogP contribution in [0.2, 0.25) is 0 Å². The maximum atomic E-state index is 12.5. The SMILES string of the molecule is CC(N)CC(=O)N1CCN(C(=O)c2cccc(S(C)(=O)=O)c2)CC1.Cl. The summed E-state index contributed by atoms with van der Waals surface area (Å²) >= 11 is 0. The van der Waals surface area contributed by atoms with Crippen LogP contribution in [0.3, 0.4) is 0 Å². The van der Waals surface area contributed by atoms with Gasteiger partial charge in [-0.2, -0.15) is 0 Å². The molecule has 1 atom stereocenters. The van der Waals surface area contributed by atoms with Crippen LogP contribution in [0, 0.1) is 0 Å². The van der Waals surface area contributed by atoms with Crippen molar-refractivity contribution < 1.29 is 18.0 Å². The Kier molecular flexibility index (Phi) is 7.40. The molecule has 0 radical (unpaired) electrons. The van der Waals surface area contributed by atoms with E-state index < -0.39 is 9.84 Å². The molecule has 2 amide bonds. The molecule has 0 bridgehead atoms.